The number of nitriles is 2. The van der Waals surface area contributed by atoms with Gasteiger partial charge in [-0.05, 0) is 29.9 Å². The van der Waals surface area contributed by atoms with Crippen molar-refractivity contribution < 1.29 is 0 Å². The lowest BCUT2D eigenvalue weighted by Gasteiger charge is -2.09. The minimum Gasteiger partial charge on any atom is -0.185 e. The third-order valence-electron chi connectivity index (χ3n) is 2.43. The third kappa shape index (κ3) is 10.2. The molecule has 0 aliphatic heterocycles. The number of thioether (sulfide) groups is 2. The highest BCUT2D eigenvalue weighted by Gasteiger charge is 2.08. The monoisotopic (exact) mass is 256 g/mol. The second kappa shape index (κ2) is 12.7. The van der Waals surface area contributed by atoms with E-state index in [1.165, 1.54) is 62.0 Å². The second-order valence-electron chi connectivity index (χ2n) is 3.79. The van der Waals surface area contributed by atoms with Crippen molar-refractivity contribution in [3.8, 4) is 10.8 Å². The molecule has 1 atom stereocenters. The quantitative estimate of drug-likeness (QED) is 0.425. The van der Waals surface area contributed by atoms with Crippen LogP contribution in [0.25, 0.3) is 0 Å². The van der Waals surface area contributed by atoms with Crippen LogP contribution in [0.1, 0.15) is 51.9 Å². The van der Waals surface area contributed by atoms with Crippen molar-refractivity contribution in [3.05, 3.63) is 0 Å². The number of hydrogen-bond donors (Lipinski definition) is 0. The molecule has 0 saturated heterocycles. The molecule has 0 aromatic carbocycles. The van der Waals surface area contributed by atoms with Crippen LogP contribution in [0.2, 0.25) is 0 Å². The highest BCUT2D eigenvalue weighted by atomic mass is 32.2. The average molecular weight is 256 g/mol. The predicted octanol–water partition coefficient (Wildman–Crippen LogP) is 4.53. The van der Waals surface area contributed by atoms with Crippen LogP contribution in [-0.4, -0.2) is 11.0 Å². The van der Waals surface area contributed by atoms with Crippen LogP contribution in [0.5, 0.6) is 0 Å². The highest BCUT2D eigenvalue weighted by molar-refractivity contribution is 8.07. The van der Waals surface area contributed by atoms with E-state index in [1.807, 2.05) is 0 Å². The maximum Gasteiger partial charge on any atom is 0.133 e. The average Bonchev–Trinajstić information content (AvgIpc) is 2.30. The molecule has 16 heavy (non-hydrogen) atoms. The Kier molecular flexibility index (Phi) is 12.5. The summed E-state index contributed by atoms with van der Waals surface area (Å²) in [6, 6.07) is 0. The second-order valence-corrected chi connectivity index (χ2v) is 5.68. The number of rotatable bonds is 10. The van der Waals surface area contributed by atoms with E-state index in [2.05, 4.69) is 17.7 Å². The molecule has 90 valence electrons. The first-order valence-corrected chi connectivity index (χ1v) is 7.77. The summed E-state index contributed by atoms with van der Waals surface area (Å²) >= 11 is 2.58. The Morgan fingerprint density at radius 2 is 1.69 bits per heavy atom. The summed E-state index contributed by atoms with van der Waals surface area (Å²) in [5, 5.41) is 21.6. The zero-order valence-electron chi connectivity index (χ0n) is 9.95. The van der Waals surface area contributed by atoms with Gasteiger partial charge in [0.2, 0.25) is 0 Å². The van der Waals surface area contributed by atoms with Crippen LogP contribution >= 0.6 is 23.5 Å². The largest absolute Gasteiger partial charge is 0.185 e. The van der Waals surface area contributed by atoms with Gasteiger partial charge in [-0.3, -0.25) is 0 Å². The van der Waals surface area contributed by atoms with Gasteiger partial charge in [0.05, 0.1) is 0 Å². The number of thiocyanates is 2. The maximum atomic E-state index is 8.63. The van der Waals surface area contributed by atoms with Crippen molar-refractivity contribution >= 4 is 23.5 Å². The molecule has 0 aromatic heterocycles. The standard InChI is InChI=1S/C12H20N2S2/c1-2-3-4-5-6-7-8-12(16-11-14)9-15-10-13/h12H,2-9H2,1H3. The van der Waals surface area contributed by atoms with Crippen LogP contribution < -0.4 is 0 Å². The molecule has 0 radical (unpaired) electrons. The van der Waals surface area contributed by atoms with Gasteiger partial charge in [0.1, 0.15) is 10.8 Å². The summed E-state index contributed by atoms with van der Waals surface area (Å²) < 4.78 is 0. The van der Waals surface area contributed by atoms with E-state index < -0.39 is 0 Å². The molecular weight excluding hydrogens is 236 g/mol. The Morgan fingerprint density at radius 3 is 2.31 bits per heavy atom. The first-order valence-electron chi connectivity index (χ1n) is 5.90. The van der Waals surface area contributed by atoms with Crippen molar-refractivity contribution in [2.24, 2.45) is 0 Å². The number of nitrogens with zero attached hydrogens (tertiary/aromatic N) is 2. The Balaban J connectivity index is 3.45. The molecule has 0 N–H and O–H groups in total. The maximum absolute atomic E-state index is 8.63. The molecule has 0 fully saturated rings. The van der Waals surface area contributed by atoms with Crippen molar-refractivity contribution in [3.63, 3.8) is 0 Å². The number of hydrogen-bond acceptors (Lipinski definition) is 4. The predicted molar refractivity (Wildman–Crippen MR) is 73.1 cm³/mol. The molecule has 0 spiro atoms. The Labute approximate surface area is 108 Å². The molecule has 0 aliphatic carbocycles. The van der Waals surface area contributed by atoms with E-state index in [0.29, 0.717) is 5.25 Å². The summed E-state index contributed by atoms with van der Waals surface area (Å²) in [4.78, 5) is 0. The summed E-state index contributed by atoms with van der Waals surface area (Å²) in [6.07, 6.45) is 8.78. The van der Waals surface area contributed by atoms with Crippen LogP contribution in [0, 0.1) is 21.3 Å². The highest BCUT2D eigenvalue weighted by Crippen LogP contribution is 2.21. The van der Waals surface area contributed by atoms with E-state index in [4.69, 9.17) is 10.5 Å². The molecule has 0 aliphatic rings. The van der Waals surface area contributed by atoms with Crippen LogP contribution in [0.3, 0.4) is 0 Å². The molecule has 0 aromatic rings. The van der Waals surface area contributed by atoms with Crippen LogP contribution in [-0.2, 0) is 0 Å². The SMILES string of the molecule is CCCCCCCCC(CSC#N)SC#N. The van der Waals surface area contributed by atoms with Gasteiger partial charge in [-0.1, -0.05) is 45.4 Å². The Morgan fingerprint density at radius 1 is 1.00 bits per heavy atom. The fourth-order valence-corrected chi connectivity index (χ4v) is 2.87. The molecular formula is C12H20N2S2. The van der Waals surface area contributed by atoms with E-state index in [1.54, 1.807) is 0 Å². The zero-order valence-corrected chi connectivity index (χ0v) is 11.6. The van der Waals surface area contributed by atoms with Crippen LogP contribution in [0.4, 0.5) is 0 Å². The number of unbranched alkanes of at least 4 members (excludes halogenated alkanes) is 5. The summed E-state index contributed by atoms with van der Waals surface area (Å²) in [5.41, 5.74) is 0. The molecule has 0 saturated carbocycles. The van der Waals surface area contributed by atoms with Gasteiger partial charge in [-0.2, -0.15) is 10.5 Å². The van der Waals surface area contributed by atoms with E-state index in [9.17, 15) is 0 Å². The van der Waals surface area contributed by atoms with Gasteiger partial charge in [0.15, 0.2) is 0 Å². The molecule has 0 bridgehead atoms. The van der Waals surface area contributed by atoms with Crippen molar-refractivity contribution in [1.82, 2.24) is 0 Å². The fraction of sp³-hybridized carbons (Fsp3) is 0.833. The van der Waals surface area contributed by atoms with Crippen LogP contribution in [0.15, 0.2) is 0 Å². The fourth-order valence-electron chi connectivity index (χ4n) is 1.53. The lowest BCUT2D eigenvalue weighted by atomic mass is 10.1. The lowest BCUT2D eigenvalue weighted by Crippen LogP contribution is -2.04. The minimum atomic E-state index is 0.334. The van der Waals surface area contributed by atoms with Gasteiger partial charge in [0, 0.05) is 11.0 Å². The van der Waals surface area contributed by atoms with E-state index in [-0.39, 0.29) is 0 Å². The van der Waals surface area contributed by atoms with Crippen molar-refractivity contribution in [1.29, 1.82) is 10.5 Å². The normalized spacial score (nSPS) is 11.7. The first kappa shape index (κ1) is 15.7. The summed E-state index contributed by atoms with van der Waals surface area (Å²) in [7, 11) is 0. The molecule has 2 nitrogen and oxygen atoms in total. The topological polar surface area (TPSA) is 47.6 Å². The molecule has 0 amide bonds. The van der Waals surface area contributed by atoms with Crippen molar-refractivity contribution in [2.45, 2.75) is 57.1 Å². The summed E-state index contributed by atoms with van der Waals surface area (Å²) in [6.45, 7) is 2.22. The van der Waals surface area contributed by atoms with Gasteiger partial charge in [-0.25, -0.2) is 0 Å². The molecule has 4 heteroatoms. The van der Waals surface area contributed by atoms with E-state index in [0.717, 1.165) is 12.2 Å². The van der Waals surface area contributed by atoms with E-state index >= 15 is 0 Å². The Bertz CT molecular complexity index is 230. The van der Waals surface area contributed by atoms with Gasteiger partial charge in [0.25, 0.3) is 0 Å². The third-order valence-corrected chi connectivity index (χ3v) is 4.18. The van der Waals surface area contributed by atoms with Gasteiger partial charge < -0.3 is 0 Å². The zero-order chi connectivity index (χ0) is 12.1. The summed E-state index contributed by atoms with van der Waals surface area (Å²) in [5.74, 6) is 0.781. The van der Waals surface area contributed by atoms with Gasteiger partial charge in [-0.15, -0.1) is 0 Å². The molecule has 1 unspecified atom stereocenters. The van der Waals surface area contributed by atoms with Gasteiger partial charge >= 0.3 is 0 Å². The lowest BCUT2D eigenvalue weighted by molar-refractivity contribution is 0.590. The smallest absolute Gasteiger partial charge is 0.133 e. The Hall–Kier alpha value is -0.320. The molecule has 0 rings (SSSR count). The minimum absolute atomic E-state index is 0.334. The molecule has 0 heterocycles. The van der Waals surface area contributed by atoms with Crippen molar-refractivity contribution in [2.75, 3.05) is 5.75 Å². The first-order chi connectivity index (χ1) is 7.85.